The van der Waals surface area contributed by atoms with E-state index in [0.29, 0.717) is 5.92 Å². The van der Waals surface area contributed by atoms with Gasteiger partial charge in [-0.2, -0.15) is 0 Å². The van der Waals surface area contributed by atoms with Crippen LogP contribution in [0.15, 0.2) is 0 Å². The molecule has 14 heavy (non-hydrogen) atoms. The fourth-order valence-corrected chi connectivity index (χ4v) is 1.89. The maximum atomic E-state index is 5.56. The highest BCUT2D eigenvalue weighted by Gasteiger charge is 2.30. The van der Waals surface area contributed by atoms with E-state index in [-0.39, 0.29) is 6.04 Å². The molecule has 0 radical (unpaired) electrons. The Morgan fingerprint density at radius 1 is 1.50 bits per heavy atom. The lowest BCUT2D eigenvalue weighted by Gasteiger charge is -2.32. The van der Waals surface area contributed by atoms with Crippen molar-refractivity contribution in [3.8, 4) is 0 Å². The Hall–Kier alpha value is -0.940. The molecule has 0 amide bonds. The first-order chi connectivity index (χ1) is 6.74. The van der Waals surface area contributed by atoms with Crippen LogP contribution < -0.4 is 11.3 Å². The normalized spacial score (nSPS) is 19.4. The molecular weight excluding hydrogens is 178 g/mol. The van der Waals surface area contributed by atoms with Crippen molar-refractivity contribution in [1.82, 2.24) is 20.2 Å². The minimum absolute atomic E-state index is 0.162. The molecule has 0 saturated heterocycles. The van der Waals surface area contributed by atoms with Gasteiger partial charge in [0.05, 0.1) is 6.04 Å². The van der Waals surface area contributed by atoms with Gasteiger partial charge >= 0.3 is 0 Å². The average Bonchev–Trinajstić information content (AvgIpc) is 2.41. The van der Waals surface area contributed by atoms with Crippen molar-refractivity contribution in [2.45, 2.75) is 32.2 Å². The molecule has 1 aromatic heterocycles. The number of nitrogens with two attached hydrogens (primary N) is 1. The molecule has 1 saturated carbocycles. The van der Waals surface area contributed by atoms with Gasteiger partial charge in [-0.25, -0.2) is 5.43 Å². The van der Waals surface area contributed by atoms with Crippen LogP contribution in [-0.2, 0) is 7.05 Å². The zero-order valence-corrected chi connectivity index (χ0v) is 8.70. The van der Waals surface area contributed by atoms with Gasteiger partial charge in [0.2, 0.25) is 0 Å². The molecule has 1 fully saturated rings. The van der Waals surface area contributed by atoms with Gasteiger partial charge in [0, 0.05) is 7.05 Å². The Labute approximate surface area is 83.7 Å². The summed E-state index contributed by atoms with van der Waals surface area (Å²) in [5.74, 6) is 8.07. The van der Waals surface area contributed by atoms with Gasteiger partial charge in [-0.1, -0.05) is 6.42 Å². The summed E-state index contributed by atoms with van der Waals surface area (Å²) < 4.78 is 2.00. The molecule has 1 aliphatic rings. The molecule has 2 rings (SSSR count). The Morgan fingerprint density at radius 2 is 2.21 bits per heavy atom. The van der Waals surface area contributed by atoms with Crippen molar-refractivity contribution < 1.29 is 0 Å². The lowest BCUT2D eigenvalue weighted by atomic mass is 9.79. The number of nitrogens with zero attached hydrogens (tertiary/aromatic N) is 3. The third-order valence-corrected chi connectivity index (χ3v) is 3.21. The van der Waals surface area contributed by atoms with Gasteiger partial charge in [-0.05, 0) is 25.7 Å². The SMILES string of the molecule is Cc1nnc(C(NN)C2CCC2)n1C. The van der Waals surface area contributed by atoms with E-state index in [0.717, 1.165) is 11.6 Å². The van der Waals surface area contributed by atoms with Crippen molar-refractivity contribution in [2.75, 3.05) is 0 Å². The maximum Gasteiger partial charge on any atom is 0.151 e. The summed E-state index contributed by atoms with van der Waals surface area (Å²) in [7, 11) is 1.98. The van der Waals surface area contributed by atoms with E-state index in [9.17, 15) is 0 Å². The van der Waals surface area contributed by atoms with Crippen molar-refractivity contribution in [3.63, 3.8) is 0 Å². The second-order valence-corrected chi connectivity index (χ2v) is 4.00. The van der Waals surface area contributed by atoms with E-state index >= 15 is 0 Å². The van der Waals surface area contributed by atoms with Crippen molar-refractivity contribution in [1.29, 1.82) is 0 Å². The number of aromatic nitrogens is 3. The molecule has 78 valence electrons. The van der Waals surface area contributed by atoms with Crippen LogP contribution in [-0.4, -0.2) is 14.8 Å². The molecule has 1 heterocycles. The number of hydrogen-bond donors (Lipinski definition) is 2. The minimum atomic E-state index is 0.162. The summed E-state index contributed by atoms with van der Waals surface area (Å²) in [4.78, 5) is 0. The van der Waals surface area contributed by atoms with Crippen LogP contribution in [0.5, 0.6) is 0 Å². The van der Waals surface area contributed by atoms with Crippen LogP contribution in [0.25, 0.3) is 0 Å². The van der Waals surface area contributed by atoms with Gasteiger partial charge in [0.25, 0.3) is 0 Å². The van der Waals surface area contributed by atoms with E-state index in [1.165, 1.54) is 19.3 Å². The minimum Gasteiger partial charge on any atom is -0.317 e. The molecule has 1 aromatic rings. The molecule has 3 N–H and O–H groups in total. The Balaban J connectivity index is 2.22. The van der Waals surface area contributed by atoms with E-state index in [2.05, 4.69) is 15.6 Å². The predicted octanol–water partition coefficient (Wildman–Crippen LogP) is 0.428. The van der Waals surface area contributed by atoms with Crippen molar-refractivity contribution in [3.05, 3.63) is 11.6 Å². The van der Waals surface area contributed by atoms with Crippen LogP contribution in [0.3, 0.4) is 0 Å². The van der Waals surface area contributed by atoms with Gasteiger partial charge in [0.1, 0.15) is 5.82 Å². The zero-order valence-electron chi connectivity index (χ0n) is 8.70. The lowest BCUT2D eigenvalue weighted by Crippen LogP contribution is -2.38. The molecule has 0 bridgehead atoms. The van der Waals surface area contributed by atoms with Crippen molar-refractivity contribution >= 4 is 0 Å². The van der Waals surface area contributed by atoms with E-state index < -0.39 is 0 Å². The number of hydrogen-bond acceptors (Lipinski definition) is 4. The number of aryl methyl sites for hydroxylation is 1. The molecule has 0 aromatic carbocycles. The summed E-state index contributed by atoms with van der Waals surface area (Å²) in [5, 5.41) is 8.20. The Bertz CT molecular complexity index is 315. The second-order valence-electron chi connectivity index (χ2n) is 4.00. The average molecular weight is 195 g/mol. The molecule has 1 aliphatic carbocycles. The summed E-state index contributed by atoms with van der Waals surface area (Å²) in [6.45, 7) is 1.95. The third kappa shape index (κ3) is 1.42. The maximum absolute atomic E-state index is 5.56. The van der Waals surface area contributed by atoms with Gasteiger partial charge in [-0.15, -0.1) is 10.2 Å². The van der Waals surface area contributed by atoms with Crippen molar-refractivity contribution in [2.24, 2.45) is 18.8 Å². The standard InChI is InChI=1S/C9H17N5/c1-6-12-13-9(14(6)2)8(11-10)7-4-3-5-7/h7-8,11H,3-5,10H2,1-2H3. The third-order valence-electron chi connectivity index (χ3n) is 3.21. The van der Waals surface area contributed by atoms with E-state index in [4.69, 9.17) is 5.84 Å². The van der Waals surface area contributed by atoms with Crippen LogP contribution in [0.1, 0.15) is 37.0 Å². The van der Waals surface area contributed by atoms with Crippen LogP contribution >= 0.6 is 0 Å². The van der Waals surface area contributed by atoms with E-state index in [1.54, 1.807) is 0 Å². The first-order valence-corrected chi connectivity index (χ1v) is 5.06. The number of hydrazine groups is 1. The van der Waals surface area contributed by atoms with Crippen LogP contribution in [0.4, 0.5) is 0 Å². The monoisotopic (exact) mass is 195 g/mol. The summed E-state index contributed by atoms with van der Waals surface area (Å²) >= 11 is 0. The largest absolute Gasteiger partial charge is 0.317 e. The van der Waals surface area contributed by atoms with Gasteiger partial charge < -0.3 is 4.57 Å². The molecule has 5 heteroatoms. The zero-order chi connectivity index (χ0) is 10.1. The number of rotatable bonds is 3. The summed E-state index contributed by atoms with van der Waals surface area (Å²) in [6.07, 6.45) is 3.78. The molecule has 0 aliphatic heterocycles. The topological polar surface area (TPSA) is 68.8 Å². The summed E-state index contributed by atoms with van der Waals surface area (Å²) in [6, 6.07) is 0.162. The quantitative estimate of drug-likeness (QED) is 0.542. The van der Waals surface area contributed by atoms with Gasteiger partial charge in [0.15, 0.2) is 5.82 Å². The first kappa shape index (κ1) is 9.61. The highest BCUT2D eigenvalue weighted by Crippen LogP contribution is 2.36. The summed E-state index contributed by atoms with van der Waals surface area (Å²) in [5.41, 5.74) is 2.85. The molecule has 1 atom stereocenters. The second kappa shape index (κ2) is 3.67. The van der Waals surface area contributed by atoms with Gasteiger partial charge in [-0.3, -0.25) is 5.84 Å². The van der Waals surface area contributed by atoms with Crippen LogP contribution in [0, 0.1) is 12.8 Å². The predicted molar refractivity (Wildman–Crippen MR) is 53.1 cm³/mol. The van der Waals surface area contributed by atoms with E-state index in [1.807, 2.05) is 18.5 Å². The highest BCUT2D eigenvalue weighted by molar-refractivity contribution is 5.02. The molecule has 5 nitrogen and oxygen atoms in total. The first-order valence-electron chi connectivity index (χ1n) is 5.06. The fraction of sp³-hybridized carbons (Fsp3) is 0.778. The molecule has 1 unspecified atom stereocenters. The van der Waals surface area contributed by atoms with Crippen LogP contribution in [0.2, 0.25) is 0 Å². The molecular formula is C9H17N5. The molecule has 0 spiro atoms. The fourth-order valence-electron chi connectivity index (χ4n) is 1.89. The Kier molecular flexibility index (Phi) is 2.52. The number of nitrogens with one attached hydrogen (secondary N) is 1. The highest BCUT2D eigenvalue weighted by atomic mass is 15.3. The Morgan fingerprint density at radius 3 is 2.57 bits per heavy atom. The lowest BCUT2D eigenvalue weighted by molar-refractivity contribution is 0.221. The smallest absolute Gasteiger partial charge is 0.151 e.